The maximum absolute atomic E-state index is 12.3. The molecule has 1 N–H and O–H groups in total. The molecule has 0 fully saturated rings. The number of rotatable bonds is 3. The van der Waals surface area contributed by atoms with Crippen molar-refractivity contribution in [2.75, 3.05) is 6.79 Å². The van der Waals surface area contributed by atoms with Gasteiger partial charge in [0.1, 0.15) is 0 Å². The van der Waals surface area contributed by atoms with E-state index >= 15 is 0 Å². The summed E-state index contributed by atoms with van der Waals surface area (Å²) >= 11 is 0. The Hall–Kier alpha value is -3.34. The molecule has 118 valence electrons. The Morgan fingerprint density at radius 1 is 1.04 bits per heavy atom. The van der Waals surface area contributed by atoms with Crippen LogP contribution in [0, 0.1) is 0 Å². The molecule has 0 saturated carbocycles. The SMILES string of the molecule is O=C(C=Cc1cc2ccccc2[nH]c1=O)c1ccc2c(c1)OCO2. The number of aromatic nitrogens is 1. The number of carbonyl (C=O) groups is 1. The van der Waals surface area contributed by atoms with Crippen LogP contribution in [0.1, 0.15) is 15.9 Å². The zero-order valence-corrected chi connectivity index (χ0v) is 12.6. The highest BCUT2D eigenvalue weighted by Crippen LogP contribution is 2.32. The second kappa shape index (κ2) is 5.70. The topological polar surface area (TPSA) is 68.4 Å². The summed E-state index contributed by atoms with van der Waals surface area (Å²) in [6.45, 7) is 0.162. The molecule has 5 nitrogen and oxygen atoms in total. The lowest BCUT2D eigenvalue weighted by Crippen LogP contribution is -2.09. The van der Waals surface area contributed by atoms with E-state index in [1.165, 1.54) is 12.2 Å². The van der Waals surface area contributed by atoms with Crippen molar-refractivity contribution in [1.82, 2.24) is 4.98 Å². The van der Waals surface area contributed by atoms with Gasteiger partial charge in [-0.3, -0.25) is 9.59 Å². The van der Waals surface area contributed by atoms with E-state index in [9.17, 15) is 9.59 Å². The van der Waals surface area contributed by atoms with Crippen molar-refractivity contribution in [1.29, 1.82) is 0 Å². The van der Waals surface area contributed by atoms with Crippen molar-refractivity contribution >= 4 is 22.8 Å². The number of H-pyrrole nitrogens is 1. The maximum atomic E-state index is 12.3. The standard InChI is InChI=1S/C19H13NO4/c21-16(13-6-8-17-18(10-13)24-11-23-17)7-5-14-9-12-3-1-2-4-15(12)20-19(14)22/h1-10H,11H2,(H,20,22). The first-order valence-corrected chi connectivity index (χ1v) is 7.45. The average Bonchev–Trinajstić information content (AvgIpc) is 3.07. The summed E-state index contributed by atoms with van der Waals surface area (Å²) in [7, 11) is 0. The number of benzene rings is 2. The number of allylic oxidation sites excluding steroid dienone is 1. The molecule has 0 saturated heterocycles. The van der Waals surface area contributed by atoms with Crippen LogP contribution in [-0.2, 0) is 0 Å². The Balaban J connectivity index is 1.64. The van der Waals surface area contributed by atoms with Crippen molar-refractivity contribution < 1.29 is 14.3 Å². The maximum Gasteiger partial charge on any atom is 0.255 e. The van der Waals surface area contributed by atoms with Crippen molar-refractivity contribution in [3.63, 3.8) is 0 Å². The molecule has 3 aromatic rings. The van der Waals surface area contributed by atoms with E-state index in [-0.39, 0.29) is 18.1 Å². The van der Waals surface area contributed by atoms with Gasteiger partial charge in [0.15, 0.2) is 17.3 Å². The van der Waals surface area contributed by atoms with Gasteiger partial charge in [0.05, 0.1) is 0 Å². The number of ether oxygens (including phenoxy) is 2. The second-order valence-corrected chi connectivity index (χ2v) is 5.41. The average molecular weight is 319 g/mol. The Bertz CT molecular complexity index is 1030. The minimum absolute atomic E-state index is 0.162. The van der Waals surface area contributed by atoms with Crippen molar-refractivity contribution in [3.05, 3.63) is 76.1 Å². The van der Waals surface area contributed by atoms with Crippen LogP contribution in [0.5, 0.6) is 11.5 Å². The summed E-state index contributed by atoms with van der Waals surface area (Å²) in [6, 6.07) is 14.3. The molecule has 0 bridgehead atoms. The molecule has 2 heterocycles. The van der Waals surface area contributed by atoms with Crippen LogP contribution < -0.4 is 15.0 Å². The molecule has 0 unspecified atom stereocenters. The van der Waals surface area contributed by atoms with E-state index in [1.54, 1.807) is 24.3 Å². The van der Waals surface area contributed by atoms with E-state index in [0.29, 0.717) is 22.6 Å². The lowest BCUT2D eigenvalue weighted by Gasteiger charge is -2.00. The number of aromatic amines is 1. The number of para-hydroxylation sites is 1. The van der Waals surface area contributed by atoms with Gasteiger partial charge in [0.2, 0.25) is 6.79 Å². The molecule has 4 rings (SSSR count). The van der Waals surface area contributed by atoms with Gasteiger partial charge in [-0.05, 0) is 47.9 Å². The first-order valence-electron chi connectivity index (χ1n) is 7.45. The highest BCUT2D eigenvalue weighted by molar-refractivity contribution is 6.07. The van der Waals surface area contributed by atoms with Crippen molar-refractivity contribution in [2.24, 2.45) is 0 Å². The molecule has 0 aliphatic carbocycles. The van der Waals surface area contributed by atoms with E-state index in [2.05, 4.69) is 4.98 Å². The van der Waals surface area contributed by atoms with Crippen LogP contribution in [0.2, 0.25) is 0 Å². The zero-order valence-electron chi connectivity index (χ0n) is 12.6. The van der Waals surface area contributed by atoms with Crippen molar-refractivity contribution in [2.45, 2.75) is 0 Å². The summed E-state index contributed by atoms with van der Waals surface area (Å²) in [5, 5.41) is 0.910. The molecular weight excluding hydrogens is 306 g/mol. The predicted molar refractivity (Wildman–Crippen MR) is 90.5 cm³/mol. The number of pyridine rings is 1. The number of carbonyl (C=O) groups excluding carboxylic acids is 1. The Morgan fingerprint density at radius 3 is 2.79 bits per heavy atom. The molecule has 1 aliphatic rings. The lowest BCUT2D eigenvalue weighted by atomic mass is 10.1. The molecule has 0 atom stereocenters. The quantitative estimate of drug-likeness (QED) is 0.595. The van der Waals surface area contributed by atoms with Crippen LogP contribution in [0.25, 0.3) is 17.0 Å². The van der Waals surface area contributed by atoms with Crippen LogP contribution in [0.4, 0.5) is 0 Å². The molecule has 1 aromatic heterocycles. The number of ketones is 1. The highest BCUT2D eigenvalue weighted by Gasteiger charge is 2.15. The van der Waals surface area contributed by atoms with Gasteiger partial charge >= 0.3 is 0 Å². The molecular formula is C19H13NO4. The molecule has 0 amide bonds. The number of hydrogen-bond acceptors (Lipinski definition) is 4. The predicted octanol–water partition coefficient (Wildman–Crippen LogP) is 3.15. The summed E-state index contributed by atoms with van der Waals surface area (Å²) in [6.07, 6.45) is 2.91. The van der Waals surface area contributed by atoms with Gasteiger partial charge in [-0.15, -0.1) is 0 Å². The molecule has 1 aliphatic heterocycles. The highest BCUT2D eigenvalue weighted by atomic mass is 16.7. The molecule has 0 radical (unpaired) electrons. The van der Waals surface area contributed by atoms with Gasteiger partial charge in [-0.1, -0.05) is 18.2 Å². The summed E-state index contributed by atoms with van der Waals surface area (Å²) in [5.41, 5.74) is 1.45. The van der Waals surface area contributed by atoms with Gasteiger partial charge in [0, 0.05) is 16.6 Å². The third kappa shape index (κ3) is 2.56. The van der Waals surface area contributed by atoms with Gasteiger partial charge in [0.25, 0.3) is 5.56 Å². The fourth-order valence-corrected chi connectivity index (χ4v) is 2.60. The fraction of sp³-hybridized carbons (Fsp3) is 0.0526. The zero-order chi connectivity index (χ0) is 16.5. The van der Waals surface area contributed by atoms with Gasteiger partial charge < -0.3 is 14.5 Å². The van der Waals surface area contributed by atoms with Crippen molar-refractivity contribution in [3.8, 4) is 11.5 Å². The monoisotopic (exact) mass is 319 g/mol. The third-order valence-electron chi connectivity index (χ3n) is 3.85. The first-order chi connectivity index (χ1) is 11.7. The minimum Gasteiger partial charge on any atom is -0.454 e. The number of fused-ring (bicyclic) bond motifs is 2. The molecule has 0 spiro atoms. The summed E-state index contributed by atoms with van der Waals surface area (Å²) < 4.78 is 10.5. The van der Waals surface area contributed by atoms with Crippen LogP contribution in [0.3, 0.4) is 0 Å². The first kappa shape index (κ1) is 14.3. The number of nitrogens with one attached hydrogen (secondary N) is 1. The largest absolute Gasteiger partial charge is 0.454 e. The van der Waals surface area contributed by atoms with E-state index in [1.807, 2.05) is 24.3 Å². The van der Waals surface area contributed by atoms with E-state index in [4.69, 9.17) is 9.47 Å². The van der Waals surface area contributed by atoms with Crippen LogP contribution in [0.15, 0.2) is 59.4 Å². The van der Waals surface area contributed by atoms with Gasteiger partial charge in [-0.2, -0.15) is 0 Å². The second-order valence-electron chi connectivity index (χ2n) is 5.41. The Kier molecular flexibility index (Phi) is 3.39. The summed E-state index contributed by atoms with van der Waals surface area (Å²) in [4.78, 5) is 27.2. The third-order valence-corrected chi connectivity index (χ3v) is 3.85. The lowest BCUT2D eigenvalue weighted by molar-refractivity contribution is 0.104. The van der Waals surface area contributed by atoms with E-state index < -0.39 is 0 Å². The molecule has 24 heavy (non-hydrogen) atoms. The fourth-order valence-electron chi connectivity index (χ4n) is 2.60. The number of hydrogen-bond donors (Lipinski definition) is 1. The normalized spacial score (nSPS) is 12.8. The van der Waals surface area contributed by atoms with E-state index in [0.717, 1.165) is 10.9 Å². The smallest absolute Gasteiger partial charge is 0.255 e. The Morgan fingerprint density at radius 2 is 1.88 bits per heavy atom. The molecule has 2 aromatic carbocycles. The Labute approximate surface area is 137 Å². The molecule has 5 heteroatoms. The van der Waals surface area contributed by atoms with Crippen LogP contribution in [-0.4, -0.2) is 17.6 Å². The van der Waals surface area contributed by atoms with Gasteiger partial charge in [-0.25, -0.2) is 0 Å². The van der Waals surface area contributed by atoms with Crippen LogP contribution >= 0.6 is 0 Å². The minimum atomic E-state index is -0.233. The summed E-state index contributed by atoms with van der Waals surface area (Å²) in [5.74, 6) is 0.972.